The predicted octanol–water partition coefficient (Wildman–Crippen LogP) is 7.64. The molecule has 0 heterocycles. The maximum Gasteiger partial charge on any atom is 1.00 e. The minimum absolute atomic E-state index is 0. The molecule has 0 fully saturated rings. The Hall–Kier alpha value is -0.814. The molecule has 0 spiro atoms. The molecule has 9 heteroatoms. The summed E-state index contributed by atoms with van der Waals surface area (Å²) in [5.41, 5.74) is -0.787. The van der Waals surface area contributed by atoms with Crippen molar-refractivity contribution in [3.05, 3.63) is 53.6 Å². The molecule has 0 N–H and O–H groups in total. The number of ether oxygens (including phenoxy) is 2. The van der Waals surface area contributed by atoms with Crippen molar-refractivity contribution in [3.63, 3.8) is 0 Å². The van der Waals surface area contributed by atoms with Crippen molar-refractivity contribution >= 4 is 22.1 Å². The molecule has 0 saturated carbocycles. The van der Waals surface area contributed by atoms with Gasteiger partial charge in [0.2, 0.25) is 0 Å². The van der Waals surface area contributed by atoms with Gasteiger partial charge in [-0.1, -0.05) is 133 Å². The van der Waals surface area contributed by atoms with Crippen LogP contribution in [0.1, 0.15) is 176 Å². The van der Waals surface area contributed by atoms with Gasteiger partial charge in [0, 0.05) is 0 Å². The summed E-state index contributed by atoms with van der Waals surface area (Å²) in [5, 5.41) is 0. The first-order valence-corrected chi connectivity index (χ1v) is 19.4. The van der Waals surface area contributed by atoms with E-state index in [0.717, 1.165) is 44.6 Å². The molecule has 1 aromatic carbocycles. The van der Waals surface area contributed by atoms with E-state index in [-0.39, 0.29) is 70.2 Å². The molecule has 47 heavy (non-hydrogen) atoms. The molecule has 0 amide bonds. The molecule has 0 atom stereocenters. The van der Waals surface area contributed by atoms with E-state index in [4.69, 9.17) is 9.47 Å². The number of benzene rings is 1. The molecule has 0 aromatic heterocycles. The zero-order chi connectivity index (χ0) is 33.7. The second-order valence-electron chi connectivity index (χ2n) is 12.2. The molecule has 1 aromatic rings. The third-order valence-electron chi connectivity index (χ3n) is 8.19. The Morgan fingerprint density at radius 2 is 0.957 bits per heavy atom. The van der Waals surface area contributed by atoms with E-state index < -0.39 is 32.5 Å². The minimum atomic E-state index is -5.01. The first kappa shape index (κ1) is 46.2. The van der Waals surface area contributed by atoms with Crippen LogP contribution in [0.3, 0.4) is 0 Å². The van der Waals surface area contributed by atoms with Crippen LogP contribution in [0.25, 0.3) is 0 Å². The summed E-state index contributed by atoms with van der Waals surface area (Å²) in [6, 6.07) is 3.60. The molecule has 262 valence electrons. The van der Waals surface area contributed by atoms with Crippen molar-refractivity contribution < 1.29 is 83.4 Å². The van der Waals surface area contributed by atoms with E-state index in [1.807, 2.05) is 0 Å². The topological polar surface area (TPSA) is 110 Å². The molecule has 0 aliphatic heterocycles. The second-order valence-corrected chi connectivity index (χ2v) is 13.5. The van der Waals surface area contributed by atoms with Crippen LogP contribution in [0.4, 0.5) is 0 Å². The van der Waals surface area contributed by atoms with Crippen molar-refractivity contribution in [2.75, 3.05) is 13.2 Å². The molecular weight excluding hydrogens is 640 g/mol. The Balaban J connectivity index is 0.0000212. The zero-order valence-corrected chi connectivity index (χ0v) is 33.7. The number of unbranched alkanes of at least 4 members (excludes halogenated alkanes) is 20. The summed E-state index contributed by atoms with van der Waals surface area (Å²) in [6.45, 7) is 4.36. The first-order valence-electron chi connectivity index (χ1n) is 18.0. The standard InChI is InChI=1S/C38H62O7S.K/c1-3-5-7-9-11-13-15-17-19-21-23-25-27-32-44-37(39)34-30-29-31-35(46(41,42)43)36(34)38(40)45-33-28-26-24-22-20-18-16-14-12-10-8-6-4-2;/h3-6,29-31H,7-28,32-33H2,1-2H3,(H,41,42,43);/q;+1/p-1/b5-3+,6-4+;. The van der Waals surface area contributed by atoms with Crippen LogP contribution in [0, 0.1) is 0 Å². The molecule has 7 nitrogen and oxygen atoms in total. The van der Waals surface area contributed by atoms with Crippen LogP contribution in [-0.4, -0.2) is 38.1 Å². The Morgan fingerprint density at radius 3 is 1.34 bits per heavy atom. The van der Waals surface area contributed by atoms with E-state index in [0.29, 0.717) is 12.8 Å². The van der Waals surface area contributed by atoms with Crippen molar-refractivity contribution in [1.29, 1.82) is 0 Å². The number of hydrogen-bond donors (Lipinski definition) is 0. The van der Waals surface area contributed by atoms with E-state index in [9.17, 15) is 22.6 Å². The number of esters is 2. The van der Waals surface area contributed by atoms with Gasteiger partial charge in [0.05, 0.1) is 29.2 Å². The summed E-state index contributed by atoms with van der Waals surface area (Å²) in [5.74, 6) is -1.82. The van der Waals surface area contributed by atoms with E-state index in [1.54, 1.807) is 0 Å². The number of hydrogen-bond acceptors (Lipinski definition) is 7. The van der Waals surface area contributed by atoms with Gasteiger partial charge < -0.3 is 14.0 Å². The van der Waals surface area contributed by atoms with Crippen molar-refractivity contribution in [2.24, 2.45) is 0 Å². The van der Waals surface area contributed by atoms with Crippen LogP contribution >= 0.6 is 0 Å². The van der Waals surface area contributed by atoms with Gasteiger partial charge in [0.15, 0.2) is 0 Å². The summed E-state index contributed by atoms with van der Waals surface area (Å²) in [4.78, 5) is 25.0. The minimum Gasteiger partial charge on any atom is -0.744 e. The smallest absolute Gasteiger partial charge is 0.744 e. The summed E-state index contributed by atoms with van der Waals surface area (Å²) in [7, 11) is -5.01. The Kier molecular flexibility index (Phi) is 30.6. The second kappa shape index (κ2) is 31.2. The average molecular weight is 701 g/mol. The predicted molar refractivity (Wildman–Crippen MR) is 186 cm³/mol. The van der Waals surface area contributed by atoms with Crippen molar-refractivity contribution in [2.45, 2.75) is 160 Å². The van der Waals surface area contributed by atoms with Gasteiger partial charge in [-0.3, -0.25) is 0 Å². The molecule has 0 aliphatic carbocycles. The fraction of sp³-hybridized carbons (Fsp3) is 0.684. The summed E-state index contributed by atoms with van der Waals surface area (Å²) < 4.78 is 46.4. The fourth-order valence-corrected chi connectivity index (χ4v) is 6.18. The van der Waals surface area contributed by atoms with Gasteiger partial charge in [-0.25, -0.2) is 18.0 Å². The van der Waals surface area contributed by atoms with Crippen LogP contribution < -0.4 is 51.4 Å². The molecule has 0 bridgehead atoms. The fourth-order valence-electron chi connectivity index (χ4n) is 5.49. The normalized spacial score (nSPS) is 11.6. The summed E-state index contributed by atoms with van der Waals surface area (Å²) in [6.07, 6.45) is 33.5. The number of carbonyl (C=O) groups excluding carboxylic acids is 2. The summed E-state index contributed by atoms with van der Waals surface area (Å²) >= 11 is 0. The molecule has 0 unspecified atom stereocenters. The SMILES string of the molecule is C/C=C/CCCCCCCCCCCCOC(=O)c1cccc(S(=O)(=O)[O-])c1C(=O)OCCCCCCCCCCCC/C=C/C.[K+]. The Labute approximate surface area is 329 Å². The maximum atomic E-state index is 12.9. The number of rotatable bonds is 29. The zero-order valence-electron chi connectivity index (χ0n) is 29.8. The third-order valence-corrected chi connectivity index (χ3v) is 9.07. The molecular formula is C38H61KO7S. The van der Waals surface area contributed by atoms with Crippen molar-refractivity contribution in [1.82, 2.24) is 0 Å². The Bertz CT molecular complexity index is 1120. The number of allylic oxidation sites excluding steroid dienone is 4. The van der Waals surface area contributed by atoms with E-state index in [1.165, 1.54) is 102 Å². The van der Waals surface area contributed by atoms with Crippen LogP contribution in [0.15, 0.2) is 47.4 Å². The van der Waals surface area contributed by atoms with Gasteiger partial charge in [-0.15, -0.1) is 0 Å². The number of carbonyl (C=O) groups is 2. The molecule has 0 aliphatic rings. The first-order chi connectivity index (χ1) is 22.3. The van der Waals surface area contributed by atoms with Gasteiger partial charge in [-0.05, 0) is 64.5 Å². The monoisotopic (exact) mass is 700 g/mol. The van der Waals surface area contributed by atoms with Crippen molar-refractivity contribution in [3.8, 4) is 0 Å². The third kappa shape index (κ3) is 24.1. The molecule has 0 radical (unpaired) electrons. The quantitative estimate of drug-likeness (QED) is 0.0278. The average Bonchev–Trinajstić information content (AvgIpc) is 3.04. The van der Waals surface area contributed by atoms with Gasteiger partial charge in [0.25, 0.3) is 0 Å². The van der Waals surface area contributed by atoms with Gasteiger partial charge in [-0.2, -0.15) is 0 Å². The molecule has 0 saturated heterocycles. The van der Waals surface area contributed by atoms with Crippen LogP contribution in [-0.2, 0) is 19.6 Å². The van der Waals surface area contributed by atoms with E-state index >= 15 is 0 Å². The van der Waals surface area contributed by atoms with Gasteiger partial charge >= 0.3 is 63.3 Å². The largest absolute Gasteiger partial charge is 1.00 e. The van der Waals surface area contributed by atoms with Crippen LogP contribution in [0.5, 0.6) is 0 Å². The van der Waals surface area contributed by atoms with E-state index in [2.05, 4.69) is 38.2 Å². The molecule has 1 rings (SSSR count). The van der Waals surface area contributed by atoms with Crippen LogP contribution in [0.2, 0.25) is 0 Å². The maximum absolute atomic E-state index is 12.9. The Morgan fingerprint density at radius 1 is 0.596 bits per heavy atom. The van der Waals surface area contributed by atoms with Gasteiger partial charge in [0.1, 0.15) is 10.1 Å².